The summed E-state index contributed by atoms with van der Waals surface area (Å²) in [6.07, 6.45) is 1.03. The minimum atomic E-state index is 0.0386. The number of halogens is 1. The predicted molar refractivity (Wildman–Crippen MR) is 83.8 cm³/mol. The van der Waals surface area contributed by atoms with Crippen molar-refractivity contribution < 1.29 is 9.53 Å². The molecule has 0 spiro atoms. The Bertz CT molecular complexity index is 647. The summed E-state index contributed by atoms with van der Waals surface area (Å²) >= 11 is 5.99. The normalized spacial score (nSPS) is 18.3. The Morgan fingerprint density at radius 2 is 2.33 bits per heavy atom. The third-order valence-corrected chi connectivity index (χ3v) is 4.22. The number of rotatable bonds is 4. The second-order valence-corrected chi connectivity index (χ2v) is 5.92. The van der Waals surface area contributed by atoms with Crippen LogP contribution in [0.4, 0.5) is 0 Å². The van der Waals surface area contributed by atoms with Gasteiger partial charge in [0.05, 0.1) is 6.61 Å². The van der Waals surface area contributed by atoms with Crippen molar-refractivity contribution in [2.45, 2.75) is 13.3 Å². The van der Waals surface area contributed by atoms with E-state index >= 15 is 0 Å². The molecule has 1 fully saturated rings. The van der Waals surface area contributed by atoms with E-state index in [1.165, 1.54) is 0 Å². The van der Waals surface area contributed by atoms with E-state index in [0.29, 0.717) is 23.2 Å². The average Bonchev–Trinajstić information content (AvgIpc) is 3.12. The van der Waals surface area contributed by atoms with Gasteiger partial charge in [-0.15, -0.1) is 0 Å². The molecule has 0 bridgehead atoms. The third-order valence-electron chi connectivity index (χ3n) is 3.98. The molecule has 1 saturated heterocycles. The lowest BCUT2D eigenvalue weighted by atomic mass is 10.1. The number of fused-ring (bicyclic) bond motifs is 1. The lowest BCUT2D eigenvalue weighted by Crippen LogP contribution is -2.35. The number of aromatic amines is 1. The van der Waals surface area contributed by atoms with E-state index in [2.05, 4.69) is 4.98 Å². The van der Waals surface area contributed by atoms with Crippen LogP contribution in [0.25, 0.3) is 10.9 Å². The summed E-state index contributed by atoms with van der Waals surface area (Å²) in [5.41, 5.74) is 1.55. The summed E-state index contributed by atoms with van der Waals surface area (Å²) in [5.74, 6) is 0.490. The van der Waals surface area contributed by atoms with Gasteiger partial charge in [0.25, 0.3) is 5.91 Å². The van der Waals surface area contributed by atoms with Crippen LogP contribution in [0, 0.1) is 5.92 Å². The van der Waals surface area contributed by atoms with Crippen molar-refractivity contribution in [3.05, 3.63) is 35.0 Å². The van der Waals surface area contributed by atoms with Gasteiger partial charge in [-0.25, -0.2) is 0 Å². The molecule has 0 radical (unpaired) electrons. The number of hydrogen-bond acceptors (Lipinski definition) is 2. The van der Waals surface area contributed by atoms with Gasteiger partial charge in [-0.05, 0) is 37.6 Å². The lowest BCUT2D eigenvalue weighted by Gasteiger charge is -2.23. The molecule has 1 aliphatic heterocycles. The molecule has 21 heavy (non-hydrogen) atoms. The van der Waals surface area contributed by atoms with Crippen molar-refractivity contribution in [1.29, 1.82) is 0 Å². The zero-order valence-electron chi connectivity index (χ0n) is 12.1. The summed E-state index contributed by atoms with van der Waals surface area (Å²) in [6, 6.07) is 7.46. The number of benzene rings is 1. The summed E-state index contributed by atoms with van der Waals surface area (Å²) in [7, 11) is 0. The van der Waals surface area contributed by atoms with Crippen LogP contribution < -0.4 is 0 Å². The Morgan fingerprint density at radius 1 is 1.48 bits per heavy atom. The number of nitrogens with one attached hydrogen (secondary N) is 1. The molecule has 2 heterocycles. The van der Waals surface area contributed by atoms with E-state index in [0.717, 1.165) is 37.1 Å². The minimum Gasteiger partial charge on any atom is -0.381 e. The van der Waals surface area contributed by atoms with Crippen molar-refractivity contribution in [3.8, 4) is 0 Å². The topological polar surface area (TPSA) is 45.3 Å². The first-order valence-electron chi connectivity index (χ1n) is 7.32. The van der Waals surface area contributed by atoms with Crippen LogP contribution in [0.3, 0.4) is 0 Å². The summed E-state index contributed by atoms with van der Waals surface area (Å²) in [6.45, 7) is 5.03. The first kappa shape index (κ1) is 14.4. The maximum absolute atomic E-state index is 12.6. The van der Waals surface area contributed by atoms with E-state index in [9.17, 15) is 4.79 Å². The molecule has 1 aliphatic rings. The van der Waals surface area contributed by atoms with E-state index in [4.69, 9.17) is 16.3 Å². The van der Waals surface area contributed by atoms with E-state index in [-0.39, 0.29) is 5.91 Å². The van der Waals surface area contributed by atoms with Gasteiger partial charge in [-0.1, -0.05) is 11.6 Å². The summed E-state index contributed by atoms with van der Waals surface area (Å²) in [4.78, 5) is 17.7. The number of amides is 1. The maximum atomic E-state index is 12.6. The summed E-state index contributed by atoms with van der Waals surface area (Å²) in [5, 5.41) is 1.64. The van der Waals surface area contributed by atoms with Gasteiger partial charge in [0, 0.05) is 41.5 Å². The highest BCUT2D eigenvalue weighted by Gasteiger charge is 2.23. The van der Waals surface area contributed by atoms with Gasteiger partial charge >= 0.3 is 0 Å². The van der Waals surface area contributed by atoms with E-state index < -0.39 is 0 Å². The Kier molecular flexibility index (Phi) is 4.17. The lowest BCUT2D eigenvalue weighted by molar-refractivity contribution is 0.0726. The first-order chi connectivity index (χ1) is 10.2. The number of hydrogen-bond donors (Lipinski definition) is 1. The fourth-order valence-corrected chi connectivity index (χ4v) is 2.96. The highest BCUT2D eigenvalue weighted by molar-refractivity contribution is 6.31. The number of aromatic nitrogens is 1. The molecule has 0 saturated carbocycles. The van der Waals surface area contributed by atoms with Gasteiger partial charge < -0.3 is 14.6 Å². The number of H-pyrrole nitrogens is 1. The van der Waals surface area contributed by atoms with Crippen LogP contribution in [0.15, 0.2) is 24.3 Å². The van der Waals surface area contributed by atoms with Gasteiger partial charge in [0.2, 0.25) is 0 Å². The SMILES string of the molecule is CCN(C[C@@H]1CCOC1)C(=O)c1cc2cc(Cl)ccc2[nH]1. The molecule has 1 aromatic carbocycles. The second kappa shape index (κ2) is 6.08. The molecule has 5 heteroatoms. The maximum Gasteiger partial charge on any atom is 0.270 e. The number of carbonyl (C=O) groups is 1. The van der Waals surface area contributed by atoms with Crippen LogP contribution in [0.5, 0.6) is 0 Å². The van der Waals surface area contributed by atoms with E-state index in [1.807, 2.05) is 36.1 Å². The van der Waals surface area contributed by atoms with Gasteiger partial charge in [0.15, 0.2) is 0 Å². The molecule has 3 rings (SSSR count). The Hall–Kier alpha value is -1.52. The number of ether oxygens (including phenoxy) is 1. The standard InChI is InChI=1S/C16H19ClN2O2/c1-2-19(9-11-5-6-21-10-11)16(20)15-8-12-7-13(17)3-4-14(12)18-15/h3-4,7-8,11,18H,2,5-6,9-10H2,1H3/t11-/m0/s1. The molecule has 4 nitrogen and oxygen atoms in total. The van der Waals surface area contributed by atoms with Gasteiger partial charge in [-0.2, -0.15) is 0 Å². The molecule has 1 N–H and O–H groups in total. The fourth-order valence-electron chi connectivity index (χ4n) is 2.78. The molecule has 0 unspecified atom stereocenters. The van der Waals surface area contributed by atoms with Crippen LogP contribution in [0.1, 0.15) is 23.8 Å². The highest BCUT2D eigenvalue weighted by atomic mass is 35.5. The average molecular weight is 307 g/mol. The predicted octanol–water partition coefficient (Wildman–Crippen LogP) is 3.32. The molecule has 1 amide bonds. The molecular weight excluding hydrogens is 288 g/mol. The smallest absolute Gasteiger partial charge is 0.270 e. The zero-order chi connectivity index (χ0) is 14.8. The largest absolute Gasteiger partial charge is 0.381 e. The quantitative estimate of drug-likeness (QED) is 0.942. The fraction of sp³-hybridized carbons (Fsp3) is 0.438. The molecule has 2 aromatic rings. The van der Waals surface area contributed by atoms with Crippen molar-refractivity contribution >= 4 is 28.4 Å². The van der Waals surface area contributed by atoms with Crippen LogP contribution >= 0.6 is 11.6 Å². The Labute approximate surface area is 129 Å². The monoisotopic (exact) mass is 306 g/mol. The molecular formula is C16H19ClN2O2. The highest BCUT2D eigenvalue weighted by Crippen LogP contribution is 2.21. The van der Waals surface area contributed by atoms with E-state index in [1.54, 1.807) is 0 Å². The molecule has 1 aromatic heterocycles. The molecule has 0 aliphatic carbocycles. The zero-order valence-corrected chi connectivity index (χ0v) is 12.8. The summed E-state index contributed by atoms with van der Waals surface area (Å²) < 4.78 is 5.39. The number of nitrogens with zero attached hydrogens (tertiary/aromatic N) is 1. The molecule has 1 atom stereocenters. The molecule has 112 valence electrons. The van der Waals surface area contributed by atoms with Crippen LogP contribution in [0.2, 0.25) is 5.02 Å². The van der Waals surface area contributed by atoms with Crippen molar-refractivity contribution in [2.75, 3.05) is 26.3 Å². The van der Waals surface area contributed by atoms with Crippen LogP contribution in [-0.4, -0.2) is 42.1 Å². The van der Waals surface area contributed by atoms with Crippen molar-refractivity contribution in [3.63, 3.8) is 0 Å². The Morgan fingerprint density at radius 3 is 3.05 bits per heavy atom. The van der Waals surface area contributed by atoms with Gasteiger partial charge in [-0.3, -0.25) is 4.79 Å². The van der Waals surface area contributed by atoms with Crippen molar-refractivity contribution in [2.24, 2.45) is 5.92 Å². The minimum absolute atomic E-state index is 0.0386. The second-order valence-electron chi connectivity index (χ2n) is 5.49. The number of carbonyl (C=O) groups excluding carboxylic acids is 1. The van der Waals surface area contributed by atoms with Crippen molar-refractivity contribution in [1.82, 2.24) is 9.88 Å². The third kappa shape index (κ3) is 3.06. The first-order valence-corrected chi connectivity index (χ1v) is 7.70. The van der Waals surface area contributed by atoms with Crippen LogP contribution in [-0.2, 0) is 4.74 Å². The van der Waals surface area contributed by atoms with Gasteiger partial charge in [0.1, 0.15) is 5.69 Å². The Balaban J connectivity index is 1.80.